The van der Waals surface area contributed by atoms with Gasteiger partial charge in [0, 0.05) is 13.2 Å². The maximum Gasteiger partial charge on any atom is 0.159 e. The molecule has 2 nitrogen and oxygen atoms in total. The van der Waals surface area contributed by atoms with Crippen LogP contribution in [0.3, 0.4) is 0 Å². The fourth-order valence-electron chi connectivity index (χ4n) is 2.00. The summed E-state index contributed by atoms with van der Waals surface area (Å²) in [5, 5.41) is 0. The van der Waals surface area contributed by atoms with Crippen LogP contribution in [-0.4, -0.2) is 24.9 Å². The highest BCUT2D eigenvalue weighted by atomic mass is 80.0. The highest BCUT2D eigenvalue weighted by molar-refractivity contribution is 9.41. The number of halogens is 5. The molecule has 1 fully saturated rings. The Labute approximate surface area is 164 Å². The Morgan fingerprint density at radius 3 is 2.25 bits per heavy atom. The Morgan fingerprint density at radius 1 is 0.950 bits per heavy atom. The summed E-state index contributed by atoms with van der Waals surface area (Å²) in [6, 6.07) is 0. The number of unbranched alkanes of at least 4 members (excludes halogenated alkanes) is 3. The van der Waals surface area contributed by atoms with Crippen LogP contribution in [0.25, 0.3) is 0 Å². The number of rotatable bonds is 8. The molecule has 0 aliphatic carbocycles. The maximum atomic E-state index is 5.72. The third kappa shape index (κ3) is 8.25. The quantitative estimate of drug-likeness (QED) is 0.223. The first-order valence-electron chi connectivity index (χ1n) is 7.01. The summed E-state index contributed by atoms with van der Waals surface area (Å²) < 4.78 is 10.7. The number of hydrogen-bond donors (Lipinski definition) is 0. The van der Waals surface area contributed by atoms with Gasteiger partial charge in [0.2, 0.25) is 0 Å². The van der Waals surface area contributed by atoms with Crippen LogP contribution in [-0.2, 0) is 9.47 Å². The van der Waals surface area contributed by atoms with E-state index in [0.717, 1.165) is 38.9 Å². The van der Waals surface area contributed by atoms with Gasteiger partial charge in [-0.1, -0.05) is 98.9 Å². The second-order valence-electron chi connectivity index (χ2n) is 5.03. The van der Waals surface area contributed by atoms with E-state index < -0.39 is 0 Å². The lowest BCUT2D eigenvalue weighted by atomic mass is 10.1. The van der Waals surface area contributed by atoms with Crippen molar-refractivity contribution in [3.8, 4) is 0 Å². The molecular weight excluding hydrogens is 588 g/mol. The molecule has 20 heavy (non-hydrogen) atoms. The first-order chi connectivity index (χ1) is 9.33. The summed E-state index contributed by atoms with van der Waals surface area (Å²) in [5.74, 6) is 0. The van der Waals surface area contributed by atoms with Gasteiger partial charge in [0.15, 0.2) is 8.43 Å². The van der Waals surface area contributed by atoms with Crippen molar-refractivity contribution in [3.05, 3.63) is 0 Å². The molecule has 1 aliphatic rings. The predicted molar refractivity (Wildman–Crippen MR) is 103 cm³/mol. The molecule has 0 aromatic heterocycles. The molecule has 0 saturated carbocycles. The normalized spacial score (nSPS) is 21.1. The van der Waals surface area contributed by atoms with Crippen molar-refractivity contribution < 1.29 is 9.47 Å². The van der Waals surface area contributed by atoms with Crippen LogP contribution < -0.4 is 0 Å². The molecule has 1 unspecified atom stereocenters. The molecule has 1 heterocycles. The minimum absolute atomic E-state index is 0.0530. The second kappa shape index (κ2) is 10.2. The lowest BCUT2D eigenvalue weighted by Crippen LogP contribution is -2.27. The van der Waals surface area contributed by atoms with Crippen molar-refractivity contribution >= 4 is 79.6 Å². The van der Waals surface area contributed by atoms with Crippen LogP contribution in [0.4, 0.5) is 0 Å². The number of hydrogen-bond acceptors (Lipinski definition) is 2. The Balaban J connectivity index is 1.97. The van der Waals surface area contributed by atoms with E-state index in [9.17, 15) is 0 Å². The zero-order valence-corrected chi connectivity index (χ0v) is 19.3. The van der Waals surface area contributed by atoms with E-state index in [1.54, 1.807) is 0 Å². The molecule has 120 valence electrons. The van der Waals surface area contributed by atoms with E-state index in [-0.39, 0.29) is 11.7 Å². The largest absolute Gasteiger partial charge is 0.353 e. The van der Waals surface area contributed by atoms with E-state index in [2.05, 4.69) is 79.6 Å². The van der Waals surface area contributed by atoms with Crippen molar-refractivity contribution in [2.45, 2.75) is 63.0 Å². The smallest absolute Gasteiger partial charge is 0.159 e. The molecule has 0 aromatic carbocycles. The van der Waals surface area contributed by atoms with Crippen LogP contribution in [0, 0.1) is 0 Å². The molecular formula is C13H21Br5O2. The Hall–Kier alpha value is 2.32. The summed E-state index contributed by atoms with van der Waals surface area (Å²) in [5.41, 5.74) is 0. The zero-order valence-electron chi connectivity index (χ0n) is 11.4. The molecule has 1 atom stereocenters. The molecule has 1 saturated heterocycles. The summed E-state index contributed by atoms with van der Waals surface area (Å²) >= 11 is 18.0. The molecule has 0 spiro atoms. The first-order valence-corrected chi connectivity index (χ1v) is 11.0. The molecule has 0 aromatic rings. The van der Waals surface area contributed by atoms with E-state index in [0.29, 0.717) is 0 Å². The molecule has 0 bridgehead atoms. The van der Waals surface area contributed by atoms with Crippen LogP contribution in [0.1, 0.15) is 51.4 Å². The van der Waals surface area contributed by atoms with Gasteiger partial charge < -0.3 is 9.47 Å². The van der Waals surface area contributed by atoms with Crippen LogP contribution >= 0.6 is 79.6 Å². The first kappa shape index (κ1) is 20.4. The summed E-state index contributed by atoms with van der Waals surface area (Å²) in [7, 11) is 0. The Bertz CT molecular complexity index is 262. The number of alkyl halides is 5. The van der Waals surface area contributed by atoms with Gasteiger partial charge in [-0.25, -0.2) is 0 Å². The van der Waals surface area contributed by atoms with Gasteiger partial charge in [-0.2, -0.15) is 0 Å². The van der Waals surface area contributed by atoms with Crippen LogP contribution in [0.5, 0.6) is 0 Å². The van der Waals surface area contributed by atoms with Crippen molar-refractivity contribution in [2.24, 2.45) is 0 Å². The molecule has 0 amide bonds. The van der Waals surface area contributed by atoms with Crippen molar-refractivity contribution in [3.63, 3.8) is 0 Å². The second-order valence-corrected chi connectivity index (χ2v) is 15.6. The standard InChI is InChI=1S/C13H21Br5O2/c14-12(15,13(16,17)18)8-4-1-2-5-9-19-11-7-3-6-10-20-11/h11H,1-10H2. The fourth-order valence-corrected chi connectivity index (χ4v) is 3.16. The number of ether oxygens (including phenoxy) is 2. The van der Waals surface area contributed by atoms with Crippen molar-refractivity contribution in [1.82, 2.24) is 0 Å². The Morgan fingerprint density at radius 2 is 1.65 bits per heavy atom. The van der Waals surface area contributed by atoms with Gasteiger partial charge in [0.05, 0.1) is 0 Å². The Kier molecular flexibility index (Phi) is 10.4. The van der Waals surface area contributed by atoms with Crippen molar-refractivity contribution in [2.75, 3.05) is 13.2 Å². The average Bonchev–Trinajstić information content (AvgIpc) is 2.37. The van der Waals surface area contributed by atoms with E-state index in [1.807, 2.05) is 0 Å². The minimum atomic E-state index is -0.332. The van der Waals surface area contributed by atoms with E-state index in [4.69, 9.17) is 9.47 Å². The summed E-state index contributed by atoms with van der Waals surface area (Å²) in [6.07, 6.45) is 9.20. The SMILES string of the molecule is BrC(Br)(Br)C(Br)(Br)CCCCCCOC1CCCCO1. The minimum Gasteiger partial charge on any atom is -0.353 e. The molecule has 1 aliphatic heterocycles. The van der Waals surface area contributed by atoms with Crippen LogP contribution in [0.2, 0.25) is 0 Å². The van der Waals surface area contributed by atoms with Crippen molar-refractivity contribution in [1.29, 1.82) is 0 Å². The lowest BCUT2D eigenvalue weighted by molar-refractivity contribution is -0.162. The maximum absolute atomic E-state index is 5.72. The lowest BCUT2D eigenvalue weighted by Gasteiger charge is -2.29. The highest BCUT2D eigenvalue weighted by Gasteiger charge is 2.41. The van der Waals surface area contributed by atoms with Gasteiger partial charge in [-0.05, 0) is 32.1 Å². The van der Waals surface area contributed by atoms with Crippen LogP contribution in [0.15, 0.2) is 0 Å². The van der Waals surface area contributed by atoms with Gasteiger partial charge in [-0.3, -0.25) is 0 Å². The molecule has 1 rings (SSSR count). The summed E-state index contributed by atoms with van der Waals surface area (Å²) in [6.45, 7) is 1.67. The van der Waals surface area contributed by atoms with E-state index in [1.165, 1.54) is 25.7 Å². The van der Waals surface area contributed by atoms with Gasteiger partial charge in [0.1, 0.15) is 3.23 Å². The third-order valence-electron chi connectivity index (χ3n) is 3.24. The topological polar surface area (TPSA) is 18.5 Å². The molecule has 0 N–H and O–H groups in total. The van der Waals surface area contributed by atoms with Gasteiger partial charge >= 0.3 is 0 Å². The zero-order chi connectivity index (χ0) is 15.1. The predicted octanol–water partition coefficient (Wildman–Crippen LogP) is 6.80. The van der Waals surface area contributed by atoms with Gasteiger partial charge in [-0.15, -0.1) is 0 Å². The van der Waals surface area contributed by atoms with E-state index >= 15 is 0 Å². The molecule has 0 radical (unpaired) electrons. The van der Waals surface area contributed by atoms with Gasteiger partial charge in [0.25, 0.3) is 0 Å². The monoisotopic (exact) mass is 604 g/mol. The fraction of sp³-hybridized carbons (Fsp3) is 1.00. The summed E-state index contributed by atoms with van der Waals surface area (Å²) in [4.78, 5) is 0. The highest BCUT2D eigenvalue weighted by Crippen LogP contribution is 2.55. The third-order valence-corrected chi connectivity index (χ3v) is 10.4. The average molecular weight is 609 g/mol. The molecule has 7 heteroatoms.